The normalized spacial score (nSPS) is 10.7. The maximum Gasteiger partial charge on any atom is 0.165 e. The Morgan fingerprint density at radius 3 is 2.92 bits per heavy atom. The topological polar surface area (TPSA) is 9.23 Å². The van der Waals surface area contributed by atoms with Crippen LogP contribution in [0.25, 0.3) is 6.08 Å². The first-order chi connectivity index (χ1) is 6.27. The predicted octanol–water partition coefficient (Wildman–Crippen LogP) is 3.09. The summed E-state index contributed by atoms with van der Waals surface area (Å²) < 4.78 is 17.7. The molecule has 0 aliphatic rings. The molecule has 0 aliphatic carbocycles. The van der Waals surface area contributed by atoms with E-state index in [-0.39, 0.29) is 11.6 Å². The lowest BCUT2D eigenvalue weighted by Crippen LogP contribution is -1.87. The minimum absolute atomic E-state index is 0.247. The maximum atomic E-state index is 12.9. The van der Waals surface area contributed by atoms with E-state index < -0.39 is 0 Å². The number of methoxy groups -OCH3 is 1. The van der Waals surface area contributed by atoms with Crippen LogP contribution >= 0.6 is 11.6 Å². The van der Waals surface area contributed by atoms with Crippen LogP contribution in [0.3, 0.4) is 0 Å². The SMILES string of the molecule is COc1cc(C=CCCl)ccc1F. The summed E-state index contributed by atoms with van der Waals surface area (Å²) in [4.78, 5) is 0. The van der Waals surface area contributed by atoms with Gasteiger partial charge in [-0.1, -0.05) is 18.2 Å². The van der Waals surface area contributed by atoms with Crippen LogP contribution in [0.5, 0.6) is 5.75 Å². The van der Waals surface area contributed by atoms with Crippen molar-refractivity contribution in [2.45, 2.75) is 0 Å². The van der Waals surface area contributed by atoms with Crippen molar-refractivity contribution in [1.82, 2.24) is 0 Å². The van der Waals surface area contributed by atoms with Gasteiger partial charge in [0.1, 0.15) is 0 Å². The number of ether oxygens (including phenoxy) is 1. The molecule has 0 atom stereocenters. The van der Waals surface area contributed by atoms with Crippen LogP contribution in [-0.2, 0) is 0 Å². The van der Waals surface area contributed by atoms with E-state index in [1.54, 1.807) is 18.2 Å². The molecule has 3 heteroatoms. The summed E-state index contributed by atoms with van der Waals surface area (Å²) in [6.07, 6.45) is 3.60. The highest BCUT2D eigenvalue weighted by Gasteiger charge is 2.00. The van der Waals surface area contributed by atoms with Crippen LogP contribution in [0.2, 0.25) is 0 Å². The van der Waals surface area contributed by atoms with Gasteiger partial charge >= 0.3 is 0 Å². The van der Waals surface area contributed by atoms with Crippen molar-refractivity contribution in [3.8, 4) is 5.75 Å². The molecule has 0 aliphatic heterocycles. The summed E-state index contributed by atoms with van der Waals surface area (Å²) in [6, 6.07) is 4.66. The largest absolute Gasteiger partial charge is 0.494 e. The van der Waals surface area contributed by atoms with Gasteiger partial charge in [-0.2, -0.15) is 0 Å². The van der Waals surface area contributed by atoms with Gasteiger partial charge in [0.05, 0.1) is 7.11 Å². The fourth-order valence-corrected chi connectivity index (χ4v) is 1.05. The molecule has 0 fully saturated rings. The van der Waals surface area contributed by atoms with Gasteiger partial charge in [-0.3, -0.25) is 0 Å². The Morgan fingerprint density at radius 1 is 1.54 bits per heavy atom. The van der Waals surface area contributed by atoms with Gasteiger partial charge in [-0.05, 0) is 17.7 Å². The predicted molar refractivity (Wildman–Crippen MR) is 52.7 cm³/mol. The number of halogens is 2. The third-order valence-corrected chi connectivity index (χ3v) is 1.75. The highest BCUT2D eigenvalue weighted by Crippen LogP contribution is 2.18. The van der Waals surface area contributed by atoms with Crippen LogP contribution < -0.4 is 4.74 Å². The van der Waals surface area contributed by atoms with E-state index in [1.165, 1.54) is 13.2 Å². The third-order valence-electron chi connectivity index (χ3n) is 1.57. The lowest BCUT2D eigenvalue weighted by atomic mass is 10.2. The summed E-state index contributed by atoms with van der Waals surface area (Å²) in [6.45, 7) is 0. The van der Waals surface area contributed by atoms with Crippen LogP contribution in [0.1, 0.15) is 5.56 Å². The van der Waals surface area contributed by atoms with Crippen molar-refractivity contribution in [3.05, 3.63) is 35.7 Å². The zero-order valence-electron chi connectivity index (χ0n) is 7.26. The Labute approximate surface area is 81.8 Å². The maximum absolute atomic E-state index is 12.9. The molecule has 1 aromatic rings. The van der Waals surface area contributed by atoms with Gasteiger partial charge in [-0.25, -0.2) is 4.39 Å². The fraction of sp³-hybridized carbons (Fsp3) is 0.200. The summed E-state index contributed by atoms with van der Waals surface area (Å²) in [5.74, 6) is 0.335. The second-order valence-electron chi connectivity index (χ2n) is 2.45. The van der Waals surface area contributed by atoms with Crippen molar-refractivity contribution in [3.63, 3.8) is 0 Å². The molecule has 0 radical (unpaired) electrons. The Kier molecular flexibility index (Phi) is 3.77. The fourth-order valence-electron chi connectivity index (χ4n) is 0.961. The first-order valence-electron chi connectivity index (χ1n) is 3.84. The first-order valence-corrected chi connectivity index (χ1v) is 4.37. The van der Waals surface area contributed by atoms with E-state index in [0.29, 0.717) is 5.88 Å². The molecular weight excluding hydrogens is 191 g/mol. The van der Waals surface area contributed by atoms with Crippen LogP contribution in [0.15, 0.2) is 24.3 Å². The zero-order valence-corrected chi connectivity index (χ0v) is 8.01. The highest BCUT2D eigenvalue weighted by atomic mass is 35.5. The monoisotopic (exact) mass is 200 g/mol. The van der Waals surface area contributed by atoms with E-state index >= 15 is 0 Å². The van der Waals surface area contributed by atoms with Gasteiger partial charge < -0.3 is 4.74 Å². The van der Waals surface area contributed by atoms with Gasteiger partial charge in [-0.15, -0.1) is 11.6 Å². The summed E-state index contributed by atoms with van der Waals surface area (Å²) in [5.41, 5.74) is 0.874. The Balaban J connectivity index is 2.92. The van der Waals surface area contributed by atoms with Crippen molar-refractivity contribution in [2.24, 2.45) is 0 Å². The molecule has 0 saturated carbocycles. The molecule has 0 saturated heterocycles. The second kappa shape index (κ2) is 4.87. The number of hydrogen-bond donors (Lipinski definition) is 0. The van der Waals surface area contributed by atoms with Gasteiger partial charge in [0, 0.05) is 5.88 Å². The number of allylic oxidation sites excluding steroid dienone is 1. The molecule has 0 N–H and O–H groups in total. The Hall–Kier alpha value is -1.02. The van der Waals surface area contributed by atoms with Gasteiger partial charge in [0.2, 0.25) is 0 Å². The minimum atomic E-state index is -0.356. The molecule has 13 heavy (non-hydrogen) atoms. The first kappa shape index (κ1) is 10.1. The summed E-state index contributed by atoms with van der Waals surface area (Å²) in [7, 11) is 1.44. The summed E-state index contributed by atoms with van der Waals surface area (Å²) in [5, 5.41) is 0. The number of benzene rings is 1. The molecule has 0 spiro atoms. The van der Waals surface area contributed by atoms with Crippen LogP contribution in [-0.4, -0.2) is 13.0 Å². The molecule has 70 valence electrons. The van der Waals surface area contributed by atoms with Crippen LogP contribution in [0.4, 0.5) is 4.39 Å². The van der Waals surface area contributed by atoms with Gasteiger partial charge in [0.25, 0.3) is 0 Å². The Morgan fingerprint density at radius 2 is 2.31 bits per heavy atom. The van der Waals surface area contributed by atoms with Crippen molar-refractivity contribution in [2.75, 3.05) is 13.0 Å². The van der Waals surface area contributed by atoms with E-state index in [4.69, 9.17) is 16.3 Å². The van der Waals surface area contributed by atoms with E-state index in [9.17, 15) is 4.39 Å². The average Bonchev–Trinajstić information content (AvgIpc) is 2.16. The molecule has 0 unspecified atom stereocenters. The quantitative estimate of drug-likeness (QED) is 0.682. The zero-order chi connectivity index (χ0) is 9.68. The molecule has 0 bridgehead atoms. The Bertz CT molecular complexity index is 310. The van der Waals surface area contributed by atoms with E-state index in [0.717, 1.165) is 5.56 Å². The lowest BCUT2D eigenvalue weighted by Gasteiger charge is -2.01. The molecule has 1 aromatic carbocycles. The number of alkyl halides is 1. The van der Waals surface area contributed by atoms with Crippen LogP contribution in [0, 0.1) is 5.82 Å². The highest BCUT2D eigenvalue weighted by molar-refractivity contribution is 6.19. The molecule has 0 heterocycles. The molecule has 1 rings (SSSR count). The minimum Gasteiger partial charge on any atom is -0.494 e. The van der Waals surface area contributed by atoms with Gasteiger partial charge in [0.15, 0.2) is 11.6 Å². The van der Waals surface area contributed by atoms with E-state index in [2.05, 4.69) is 0 Å². The number of rotatable bonds is 3. The van der Waals surface area contributed by atoms with Crippen molar-refractivity contribution < 1.29 is 9.13 Å². The lowest BCUT2D eigenvalue weighted by molar-refractivity contribution is 0.386. The second-order valence-corrected chi connectivity index (χ2v) is 2.76. The molecule has 0 aromatic heterocycles. The number of hydrogen-bond acceptors (Lipinski definition) is 1. The smallest absolute Gasteiger partial charge is 0.165 e. The molecular formula is C10H10ClFO. The van der Waals surface area contributed by atoms with E-state index in [1.807, 2.05) is 6.08 Å². The van der Waals surface area contributed by atoms with Crippen molar-refractivity contribution in [1.29, 1.82) is 0 Å². The van der Waals surface area contributed by atoms with Crippen molar-refractivity contribution >= 4 is 17.7 Å². The summed E-state index contributed by atoms with van der Waals surface area (Å²) >= 11 is 5.46. The molecule has 0 amide bonds. The molecule has 1 nitrogen and oxygen atoms in total. The average molecular weight is 201 g/mol. The standard InChI is InChI=1S/C10H10ClFO/c1-13-10-7-8(3-2-6-11)4-5-9(10)12/h2-5,7H,6H2,1H3. The third kappa shape index (κ3) is 2.74.